The number of amides is 1. The molecule has 2 N–H and O–H groups in total. The maximum atomic E-state index is 12.0. The molecule has 84 valence electrons. The van der Waals surface area contributed by atoms with Crippen LogP contribution in [0.15, 0.2) is 18.2 Å². The van der Waals surface area contributed by atoms with Gasteiger partial charge in [-0.05, 0) is 19.1 Å². The first-order valence-corrected chi connectivity index (χ1v) is 5.05. The zero-order valence-corrected chi connectivity index (χ0v) is 9.53. The molecule has 0 aliphatic heterocycles. The summed E-state index contributed by atoms with van der Waals surface area (Å²) in [5.41, 5.74) is 7.71. The minimum absolute atomic E-state index is 0.142. The van der Waals surface area contributed by atoms with Crippen molar-refractivity contribution in [2.24, 2.45) is 0 Å². The molecule has 0 radical (unpaired) electrons. The topological polar surface area (TPSA) is 70.1 Å². The van der Waals surface area contributed by atoms with Crippen LogP contribution in [0.25, 0.3) is 0 Å². The first-order valence-electron chi connectivity index (χ1n) is 5.05. The summed E-state index contributed by atoms with van der Waals surface area (Å²) in [6.45, 7) is 2.33. The van der Waals surface area contributed by atoms with Crippen LogP contribution in [-0.2, 0) is 0 Å². The van der Waals surface area contributed by atoms with Crippen molar-refractivity contribution < 1.29 is 4.79 Å². The van der Waals surface area contributed by atoms with E-state index in [4.69, 9.17) is 11.0 Å². The Hall–Kier alpha value is -2.02. The molecular formula is C12H15N3O. The van der Waals surface area contributed by atoms with Crippen molar-refractivity contribution in [1.82, 2.24) is 4.90 Å². The molecule has 0 saturated carbocycles. The molecule has 0 heterocycles. The Morgan fingerprint density at radius 2 is 2.25 bits per heavy atom. The van der Waals surface area contributed by atoms with E-state index in [0.29, 0.717) is 24.2 Å². The first kappa shape index (κ1) is 12.1. The smallest absolute Gasteiger partial charge is 0.255 e. The summed E-state index contributed by atoms with van der Waals surface area (Å²) in [4.78, 5) is 13.5. The van der Waals surface area contributed by atoms with E-state index in [1.54, 1.807) is 19.2 Å². The number of anilines is 1. The number of carbonyl (C=O) groups excluding carboxylic acids is 1. The quantitative estimate of drug-likeness (QED) is 0.781. The molecule has 4 nitrogen and oxygen atoms in total. The number of nitrogens with zero attached hydrogens (tertiary/aromatic N) is 2. The normalized spacial score (nSPS) is 9.56. The molecule has 1 rings (SSSR count). The van der Waals surface area contributed by atoms with Crippen molar-refractivity contribution in [2.75, 3.05) is 19.3 Å². The molecule has 4 heteroatoms. The summed E-state index contributed by atoms with van der Waals surface area (Å²) in [6.07, 6.45) is 0.327. The molecule has 0 fully saturated rings. The molecule has 0 spiro atoms. The van der Waals surface area contributed by atoms with Crippen molar-refractivity contribution >= 4 is 11.6 Å². The lowest BCUT2D eigenvalue weighted by molar-refractivity contribution is 0.0799. The van der Waals surface area contributed by atoms with Crippen LogP contribution in [0.2, 0.25) is 0 Å². The first-order chi connectivity index (χ1) is 7.56. The fourth-order valence-electron chi connectivity index (χ4n) is 1.38. The van der Waals surface area contributed by atoms with Gasteiger partial charge < -0.3 is 10.6 Å². The largest absolute Gasteiger partial charge is 0.398 e. The van der Waals surface area contributed by atoms with E-state index in [-0.39, 0.29) is 5.91 Å². The number of carbonyl (C=O) groups is 1. The van der Waals surface area contributed by atoms with Gasteiger partial charge in [-0.1, -0.05) is 11.6 Å². The second-order valence-corrected chi connectivity index (χ2v) is 3.73. The predicted molar refractivity (Wildman–Crippen MR) is 62.8 cm³/mol. The van der Waals surface area contributed by atoms with Crippen LogP contribution >= 0.6 is 0 Å². The van der Waals surface area contributed by atoms with Gasteiger partial charge in [0.15, 0.2) is 0 Å². The third-order valence-electron chi connectivity index (χ3n) is 2.34. The number of benzene rings is 1. The Morgan fingerprint density at radius 1 is 1.56 bits per heavy atom. The lowest BCUT2D eigenvalue weighted by atomic mass is 10.1. The summed E-state index contributed by atoms with van der Waals surface area (Å²) < 4.78 is 0. The van der Waals surface area contributed by atoms with E-state index in [1.807, 2.05) is 19.1 Å². The Labute approximate surface area is 95.3 Å². The summed E-state index contributed by atoms with van der Waals surface area (Å²) in [5, 5.41) is 8.45. The molecule has 0 atom stereocenters. The van der Waals surface area contributed by atoms with Crippen molar-refractivity contribution in [3.05, 3.63) is 29.3 Å². The number of nitriles is 1. The van der Waals surface area contributed by atoms with Gasteiger partial charge in [-0.3, -0.25) is 4.79 Å². The Morgan fingerprint density at radius 3 is 2.88 bits per heavy atom. The molecule has 0 unspecified atom stereocenters. The average molecular weight is 217 g/mol. The number of aryl methyl sites for hydroxylation is 1. The second-order valence-electron chi connectivity index (χ2n) is 3.73. The van der Waals surface area contributed by atoms with Gasteiger partial charge >= 0.3 is 0 Å². The summed E-state index contributed by atoms with van der Waals surface area (Å²) in [5.74, 6) is -0.142. The van der Waals surface area contributed by atoms with E-state index in [0.717, 1.165) is 5.56 Å². The Bertz CT molecular complexity index is 434. The predicted octanol–water partition coefficient (Wildman–Crippen LogP) is 1.56. The van der Waals surface area contributed by atoms with Gasteiger partial charge in [0, 0.05) is 19.3 Å². The Kier molecular flexibility index (Phi) is 3.90. The summed E-state index contributed by atoms with van der Waals surface area (Å²) >= 11 is 0. The van der Waals surface area contributed by atoms with Gasteiger partial charge in [0.2, 0.25) is 0 Å². The van der Waals surface area contributed by atoms with Gasteiger partial charge in [0.25, 0.3) is 5.91 Å². The summed E-state index contributed by atoms with van der Waals surface area (Å²) in [6, 6.07) is 7.36. The van der Waals surface area contributed by atoms with Crippen LogP contribution in [0.3, 0.4) is 0 Å². The van der Waals surface area contributed by atoms with Crippen molar-refractivity contribution in [2.45, 2.75) is 13.3 Å². The Balaban J connectivity index is 2.88. The van der Waals surface area contributed by atoms with E-state index in [9.17, 15) is 4.79 Å². The van der Waals surface area contributed by atoms with Crippen LogP contribution < -0.4 is 5.73 Å². The molecule has 0 saturated heterocycles. The van der Waals surface area contributed by atoms with Crippen molar-refractivity contribution in [3.63, 3.8) is 0 Å². The fourth-order valence-corrected chi connectivity index (χ4v) is 1.38. The van der Waals surface area contributed by atoms with Crippen LogP contribution in [-0.4, -0.2) is 24.4 Å². The average Bonchev–Trinajstić information content (AvgIpc) is 2.28. The lowest BCUT2D eigenvalue weighted by Gasteiger charge is -2.16. The van der Waals surface area contributed by atoms with Gasteiger partial charge in [-0.25, -0.2) is 0 Å². The van der Waals surface area contributed by atoms with E-state index in [2.05, 4.69) is 0 Å². The highest BCUT2D eigenvalue weighted by Gasteiger charge is 2.14. The van der Waals surface area contributed by atoms with Gasteiger partial charge in [0.1, 0.15) is 0 Å². The van der Waals surface area contributed by atoms with E-state index < -0.39 is 0 Å². The fraction of sp³-hybridized carbons (Fsp3) is 0.333. The van der Waals surface area contributed by atoms with Crippen LogP contribution in [0.5, 0.6) is 0 Å². The molecule has 0 aliphatic rings. The number of hydrogen-bond acceptors (Lipinski definition) is 3. The highest BCUT2D eigenvalue weighted by Crippen LogP contribution is 2.15. The SMILES string of the molecule is Cc1ccc(N)c(C(=O)N(C)CCC#N)c1. The second kappa shape index (κ2) is 5.17. The maximum absolute atomic E-state index is 12.0. The van der Waals surface area contributed by atoms with Crippen LogP contribution in [0.4, 0.5) is 5.69 Å². The molecule has 1 aromatic rings. The molecule has 0 bridgehead atoms. The maximum Gasteiger partial charge on any atom is 0.255 e. The lowest BCUT2D eigenvalue weighted by Crippen LogP contribution is -2.28. The van der Waals surface area contributed by atoms with E-state index >= 15 is 0 Å². The molecule has 0 aromatic heterocycles. The minimum atomic E-state index is -0.142. The molecular weight excluding hydrogens is 202 g/mol. The highest BCUT2D eigenvalue weighted by molar-refractivity contribution is 5.99. The molecule has 16 heavy (non-hydrogen) atoms. The van der Waals surface area contributed by atoms with E-state index in [1.165, 1.54) is 4.90 Å². The van der Waals surface area contributed by atoms with Crippen molar-refractivity contribution in [1.29, 1.82) is 5.26 Å². The van der Waals surface area contributed by atoms with Crippen LogP contribution in [0.1, 0.15) is 22.3 Å². The van der Waals surface area contributed by atoms with Gasteiger partial charge in [0.05, 0.1) is 18.1 Å². The van der Waals surface area contributed by atoms with Crippen molar-refractivity contribution in [3.8, 4) is 6.07 Å². The third-order valence-corrected chi connectivity index (χ3v) is 2.34. The zero-order valence-electron chi connectivity index (χ0n) is 9.53. The van der Waals surface area contributed by atoms with Crippen LogP contribution in [0, 0.1) is 18.3 Å². The van der Waals surface area contributed by atoms with Gasteiger partial charge in [-0.15, -0.1) is 0 Å². The molecule has 0 aliphatic carbocycles. The van der Waals surface area contributed by atoms with Gasteiger partial charge in [-0.2, -0.15) is 5.26 Å². The molecule has 1 amide bonds. The third kappa shape index (κ3) is 2.74. The number of nitrogens with two attached hydrogens (primary N) is 1. The zero-order chi connectivity index (χ0) is 12.1. The molecule has 1 aromatic carbocycles. The minimum Gasteiger partial charge on any atom is -0.398 e. The highest BCUT2D eigenvalue weighted by atomic mass is 16.2. The standard InChI is InChI=1S/C12H15N3O/c1-9-4-5-11(14)10(8-9)12(16)15(2)7-3-6-13/h4-5,8H,3,7,14H2,1-2H3. The number of nitrogen functional groups attached to an aromatic ring is 1. The number of hydrogen-bond donors (Lipinski definition) is 1. The number of rotatable bonds is 3. The summed E-state index contributed by atoms with van der Waals surface area (Å²) in [7, 11) is 1.67. The monoisotopic (exact) mass is 217 g/mol.